The molecule has 0 saturated heterocycles. The van der Waals surface area contributed by atoms with Crippen molar-refractivity contribution >= 4 is 16.7 Å². The Morgan fingerprint density at radius 1 is 1.00 bits per heavy atom. The van der Waals surface area contributed by atoms with Gasteiger partial charge in [-0.2, -0.15) is 0 Å². The third-order valence-electron chi connectivity index (χ3n) is 4.61. The molecule has 0 N–H and O–H groups in total. The highest BCUT2D eigenvalue weighted by atomic mass is 16.5. The largest absolute Gasteiger partial charge is 0.473 e. The molecule has 1 aromatic heterocycles. The SMILES string of the molecule is Cc1ccc(C)c(N2COc3ccc4c(C)cc(=O)oc4c3C2)c1. The fourth-order valence-corrected chi connectivity index (χ4v) is 3.31. The van der Waals surface area contributed by atoms with Crippen molar-refractivity contribution in [3.8, 4) is 5.75 Å². The Hall–Kier alpha value is -2.75. The van der Waals surface area contributed by atoms with Crippen molar-refractivity contribution in [3.63, 3.8) is 0 Å². The van der Waals surface area contributed by atoms with E-state index in [-0.39, 0.29) is 5.63 Å². The summed E-state index contributed by atoms with van der Waals surface area (Å²) in [5.41, 5.74) is 5.72. The Bertz CT molecular complexity index is 1000. The summed E-state index contributed by atoms with van der Waals surface area (Å²) >= 11 is 0. The molecule has 0 atom stereocenters. The molecule has 0 bridgehead atoms. The van der Waals surface area contributed by atoms with Crippen molar-refractivity contribution in [2.24, 2.45) is 0 Å². The van der Waals surface area contributed by atoms with E-state index in [1.807, 2.05) is 19.1 Å². The van der Waals surface area contributed by atoms with E-state index in [1.165, 1.54) is 17.2 Å². The number of aryl methyl sites for hydroxylation is 3. The van der Waals surface area contributed by atoms with Gasteiger partial charge in [0.05, 0.1) is 12.1 Å². The van der Waals surface area contributed by atoms with Gasteiger partial charge in [-0.1, -0.05) is 12.1 Å². The van der Waals surface area contributed by atoms with Gasteiger partial charge in [0.15, 0.2) is 6.73 Å². The zero-order valence-electron chi connectivity index (χ0n) is 14.1. The maximum atomic E-state index is 11.8. The number of anilines is 1. The van der Waals surface area contributed by atoms with Crippen LogP contribution in [0.1, 0.15) is 22.3 Å². The van der Waals surface area contributed by atoms with Gasteiger partial charge < -0.3 is 14.1 Å². The molecule has 0 aliphatic carbocycles. The van der Waals surface area contributed by atoms with Crippen LogP contribution < -0.4 is 15.3 Å². The van der Waals surface area contributed by atoms with Gasteiger partial charge in [-0.25, -0.2) is 4.79 Å². The summed E-state index contributed by atoms with van der Waals surface area (Å²) in [5, 5.41) is 0.958. The maximum absolute atomic E-state index is 11.8. The van der Waals surface area contributed by atoms with Crippen LogP contribution in [0.15, 0.2) is 45.6 Å². The number of fused-ring (bicyclic) bond motifs is 3. The second kappa shape index (κ2) is 5.41. The molecule has 4 nitrogen and oxygen atoms in total. The van der Waals surface area contributed by atoms with E-state index in [4.69, 9.17) is 9.15 Å². The predicted molar refractivity (Wildman–Crippen MR) is 94.8 cm³/mol. The van der Waals surface area contributed by atoms with Crippen LogP contribution in [0.5, 0.6) is 5.75 Å². The molecule has 24 heavy (non-hydrogen) atoms. The van der Waals surface area contributed by atoms with Crippen LogP contribution in [-0.2, 0) is 6.54 Å². The summed E-state index contributed by atoms with van der Waals surface area (Å²) in [6.45, 7) is 7.25. The Morgan fingerprint density at radius 2 is 1.83 bits per heavy atom. The summed E-state index contributed by atoms with van der Waals surface area (Å²) in [7, 11) is 0. The van der Waals surface area contributed by atoms with E-state index in [2.05, 4.69) is 36.9 Å². The standard InChI is InChI=1S/C20H19NO3/c1-12-4-5-13(2)17(8-12)21-10-16-18(23-11-21)7-6-15-14(3)9-19(22)24-20(15)16/h4-9H,10-11H2,1-3H3. The number of hydrogen-bond donors (Lipinski definition) is 0. The van der Waals surface area contributed by atoms with Gasteiger partial charge >= 0.3 is 5.63 Å². The number of hydrogen-bond acceptors (Lipinski definition) is 4. The minimum absolute atomic E-state index is 0.322. The third kappa shape index (κ3) is 2.35. The van der Waals surface area contributed by atoms with Gasteiger partial charge in [0, 0.05) is 17.1 Å². The van der Waals surface area contributed by atoms with Gasteiger partial charge in [-0.3, -0.25) is 0 Å². The Kier molecular flexibility index (Phi) is 3.34. The maximum Gasteiger partial charge on any atom is 0.336 e. The molecule has 0 saturated carbocycles. The van der Waals surface area contributed by atoms with Gasteiger partial charge in [0.1, 0.15) is 11.3 Å². The van der Waals surface area contributed by atoms with Crippen molar-refractivity contribution in [2.75, 3.05) is 11.6 Å². The van der Waals surface area contributed by atoms with Crippen molar-refractivity contribution < 1.29 is 9.15 Å². The molecule has 0 amide bonds. The van der Waals surface area contributed by atoms with Crippen molar-refractivity contribution in [1.29, 1.82) is 0 Å². The van der Waals surface area contributed by atoms with Crippen molar-refractivity contribution in [1.82, 2.24) is 0 Å². The summed E-state index contributed by atoms with van der Waals surface area (Å²) in [6, 6.07) is 11.8. The highest BCUT2D eigenvalue weighted by molar-refractivity contribution is 5.85. The second-order valence-corrected chi connectivity index (χ2v) is 6.43. The predicted octanol–water partition coefficient (Wildman–Crippen LogP) is 4.07. The Balaban J connectivity index is 1.86. The summed E-state index contributed by atoms with van der Waals surface area (Å²) in [4.78, 5) is 14.0. The van der Waals surface area contributed by atoms with E-state index in [1.54, 1.807) is 0 Å². The summed E-state index contributed by atoms with van der Waals surface area (Å²) < 4.78 is 11.5. The molecule has 1 aliphatic heterocycles. The van der Waals surface area contributed by atoms with Crippen LogP contribution in [-0.4, -0.2) is 6.73 Å². The van der Waals surface area contributed by atoms with Gasteiger partial charge in [-0.15, -0.1) is 0 Å². The molecule has 3 aromatic rings. The monoisotopic (exact) mass is 321 g/mol. The summed E-state index contributed by atoms with van der Waals surface area (Å²) in [6.07, 6.45) is 0. The fraction of sp³-hybridized carbons (Fsp3) is 0.250. The van der Waals surface area contributed by atoms with Crippen LogP contribution in [0.3, 0.4) is 0 Å². The molecule has 0 spiro atoms. The molecule has 4 rings (SSSR count). The first-order chi connectivity index (χ1) is 11.5. The molecule has 122 valence electrons. The van der Waals surface area contributed by atoms with Crippen LogP contribution >= 0.6 is 0 Å². The zero-order valence-corrected chi connectivity index (χ0v) is 14.1. The Morgan fingerprint density at radius 3 is 2.67 bits per heavy atom. The van der Waals surface area contributed by atoms with E-state index < -0.39 is 0 Å². The highest BCUT2D eigenvalue weighted by Crippen LogP contribution is 2.35. The lowest BCUT2D eigenvalue weighted by molar-refractivity contribution is 0.289. The van der Waals surface area contributed by atoms with Crippen molar-refractivity contribution in [2.45, 2.75) is 27.3 Å². The topological polar surface area (TPSA) is 42.7 Å². The summed E-state index contributed by atoms with van der Waals surface area (Å²) in [5.74, 6) is 0.790. The lowest BCUT2D eigenvalue weighted by Crippen LogP contribution is -2.32. The number of nitrogens with zero attached hydrogens (tertiary/aromatic N) is 1. The normalized spacial score (nSPS) is 13.7. The quantitative estimate of drug-likeness (QED) is 0.634. The van der Waals surface area contributed by atoms with Gasteiger partial charge in [0.2, 0.25) is 0 Å². The van der Waals surface area contributed by atoms with Crippen LogP contribution in [0, 0.1) is 20.8 Å². The van der Waals surface area contributed by atoms with Crippen LogP contribution in [0.25, 0.3) is 11.0 Å². The lowest BCUT2D eigenvalue weighted by atomic mass is 10.0. The first-order valence-electron chi connectivity index (χ1n) is 8.04. The highest BCUT2D eigenvalue weighted by Gasteiger charge is 2.23. The van der Waals surface area contributed by atoms with Gasteiger partial charge in [-0.05, 0) is 55.7 Å². The zero-order chi connectivity index (χ0) is 16.8. The number of rotatable bonds is 1. The van der Waals surface area contributed by atoms with E-state index in [0.29, 0.717) is 18.9 Å². The average Bonchev–Trinajstić information content (AvgIpc) is 2.56. The molecule has 1 aliphatic rings. The fourth-order valence-electron chi connectivity index (χ4n) is 3.31. The molecule has 4 heteroatoms. The lowest BCUT2D eigenvalue weighted by Gasteiger charge is -2.32. The van der Waals surface area contributed by atoms with Crippen molar-refractivity contribution in [3.05, 3.63) is 69.1 Å². The van der Waals surface area contributed by atoms with Crippen LogP contribution in [0.4, 0.5) is 5.69 Å². The Labute approximate surface area is 140 Å². The molecular weight excluding hydrogens is 302 g/mol. The first-order valence-corrected chi connectivity index (χ1v) is 8.04. The third-order valence-corrected chi connectivity index (χ3v) is 4.61. The van der Waals surface area contributed by atoms with E-state index >= 15 is 0 Å². The average molecular weight is 321 g/mol. The first kappa shape index (κ1) is 14.8. The smallest absolute Gasteiger partial charge is 0.336 e. The van der Waals surface area contributed by atoms with E-state index in [9.17, 15) is 4.79 Å². The molecule has 2 aromatic carbocycles. The molecule has 2 heterocycles. The van der Waals surface area contributed by atoms with Crippen LogP contribution in [0.2, 0.25) is 0 Å². The second-order valence-electron chi connectivity index (χ2n) is 6.43. The van der Waals surface area contributed by atoms with E-state index in [0.717, 1.165) is 28.0 Å². The molecular formula is C20H19NO3. The minimum atomic E-state index is -0.322. The number of benzene rings is 2. The number of ether oxygens (including phenoxy) is 1. The minimum Gasteiger partial charge on any atom is -0.473 e. The molecule has 0 radical (unpaired) electrons. The van der Waals surface area contributed by atoms with Gasteiger partial charge in [0.25, 0.3) is 0 Å². The molecule has 0 fully saturated rings. The molecule has 0 unspecified atom stereocenters.